The van der Waals surface area contributed by atoms with Crippen molar-refractivity contribution >= 4 is 23.3 Å². The molecular weight excluding hydrogens is 452 g/mol. The summed E-state index contributed by atoms with van der Waals surface area (Å²) in [5, 5.41) is 6.76. The van der Waals surface area contributed by atoms with Gasteiger partial charge in [0.25, 0.3) is 5.91 Å². The van der Waals surface area contributed by atoms with E-state index in [9.17, 15) is 9.59 Å². The summed E-state index contributed by atoms with van der Waals surface area (Å²) in [6.45, 7) is 5.46. The molecule has 2 N–H and O–H groups in total. The van der Waals surface area contributed by atoms with E-state index in [1.807, 2.05) is 49.4 Å². The smallest absolute Gasteiger partial charge is 0.308 e. The van der Waals surface area contributed by atoms with Crippen LogP contribution in [0.3, 0.4) is 0 Å². The van der Waals surface area contributed by atoms with Crippen molar-refractivity contribution in [3.63, 3.8) is 0 Å². The third kappa shape index (κ3) is 4.35. The van der Waals surface area contributed by atoms with Gasteiger partial charge in [-0.1, -0.05) is 36.4 Å². The van der Waals surface area contributed by atoms with E-state index in [-0.39, 0.29) is 17.9 Å². The molecule has 2 aliphatic rings. The van der Waals surface area contributed by atoms with E-state index < -0.39 is 5.97 Å². The van der Waals surface area contributed by atoms with Crippen LogP contribution >= 0.6 is 0 Å². The fourth-order valence-electron chi connectivity index (χ4n) is 5.28. The van der Waals surface area contributed by atoms with E-state index in [1.165, 1.54) is 12.5 Å². The largest absolute Gasteiger partial charge is 0.493 e. The molecule has 0 radical (unpaired) electrons. The zero-order chi connectivity index (χ0) is 25.4. The minimum absolute atomic E-state index is 0.0478. The number of hydrogen-bond acceptors (Lipinski definition) is 5. The minimum Gasteiger partial charge on any atom is -0.493 e. The molecule has 5 rings (SSSR count). The molecule has 3 unspecified atom stereocenters. The maximum atomic E-state index is 13.4. The van der Waals surface area contributed by atoms with Gasteiger partial charge in [0.15, 0.2) is 11.5 Å². The number of methoxy groups -OCH3 is 1. The Balaban J connectivity index is 1.50. The van der Waals surface area contributed by atoms with Crippen molar-refractivity contribution in [1.82, 2.24) is 0 Å². The highest BCUT2D eigenvalue weighted by atomic mass is 16.6. The van der Waals surface area contributed by atoms with Crippen molar-refractivity contribution in [1.29, 1.82) is 0 Å². The van der Waals surface area contributed by atoms with Crippen LogP contribution in [0.25, 0.3) is 0 Å². The molecule has 184 valence electrons. The van der Waals surface area contributed by atoms with Crippen LogP contribution in [-0.4, -0.2) is 19.0 Å². The van der Waals surface area contributed by atoms with Gasteiger partial charge < -0.3 is 20.1 Å². The third-order valence-corrected chi connectivity index (χ3v) is 7.21. The predicted octanol–water partition coefficient (Wildman–Crippen LogP) is 6.32. The lowest BCUT2D eigenvalue weighted by molar-refractivity contribution is -0.132. The molecule has 3 aromatic rings. The highest BCUT2D eigenvalue weighted by molar-refractivity contribution is 6.08. The number of hydrogen-bond donors (Lipinski definition) is 2. The number of anilines is 2. The number of carbonyl (C=O) groups is 2. The number of para-hydroxylation sites is 1. The summed E-state index contributed by atoms with van der Waals surface area (Å²) in [5.74, 6) is 0.826. The Morgan fingerprint density at radius 1 is 1.00 bits per heavy atom. The summed E-state index contributed by atoms with van der Waals surface area (Å²) in [5.41, 5.74) is 6.68. The molecular formula is C30H30N2O4. The normalized spacial score (nSPS) is 19.6. The van der Waals surface area contributed by atoms with Gasteiger partial charge in [0.2, 0.25) is 0 Å². The molecule has 3 atom stereocenters. The highest BCUT2D eigenvalue weighted by Gasteiger charge is 2.39. The van der Waals surface area contributed by atoms with Crippen molar-refractivity contribution in [2.75, 3.05) is 17.7 Å². The SMILES string of the molecule is COc1cc(C2Nc3c(C(=O)Nc4ccc(C)c(C)c4)cccc3C3C=CCC32)ccc1OC(C)=O. The van der Waals surface area contributed by atoms with Crippen LogP contribution < -0.4 is 20.1 Å². The summed E-state index contributed by atoms with van der Waals surface area (Å²) in [6.07, 6.45) is 5.38. The zero-order valence-corrected chi connectivity index (χ0v) is 20.9. The first kappa shape index (κ1) is 23.7. The lowest BCUT2D eigenvalue weighted by atomic mass is 9.76. The molecule has 6 nitrogen and oxygen atoms in total. The third-order valence-electron chi connectivity index (χ3n) is 7.21. The second-order valence-electron chi connectivity index (χ2n) is 9.50. The van der Waals surface area contributed by atoms with E-state index in [0.29, 0.717) is 23.0 Å². The molecule has 3 aromatic carbocycles. The molecule has 0 saturated heterocycles. The summed E-state index contributed by atoms with van der Waals surface area (Å²) in [7, 11) is 1.56. The number of ether oxygens (including phenoxy) is 2. The van der Waals surface area contributed by atoms with Crippen LogP contribution in [0.15, 0.2) is 66.7 Å². The van der Waals surface area contributed by atoms with E-state index in [4.69, 9.17) is 9.47 Å². The van der Waals surface area contributed by atoms with Crippen LogP contribution in [0.4, 0.5) is 11.4 Å². The summed E-state index contributed by atoms with van der Waals surface area (Å²) in [6, 6.07) is 17.4. The number of rotatable bonds is 5. The molecule has 0 bridgehead atoms. The van der Waals surface area contributed by atoms with Crippen molar-refractivity contribution in [3.8, 4) is 11.5 Å². The van der Waals surface area contributed by atoms with Crippen molar-refractivity contribution in [3.05, 3.63) is 94.6 Å². The van der Waals surface area contributed by atoms with Crippen LogP contribution in [0.2, 0.25) is 0 Å². The Kier molecular flexibility index (Phi) is 6.27. The number of benzene rings is 3. The van der Waals surface area contributed by atoms with Crippen molar-refractivity contribution in [2.24, 2.45) is 5.92 Å². The number of amides is 1. The highest BCUT2D eigenvalue weighted by Crippen LogP contribution is 2.51. The topological polar surface area (TPSA) is 76.7 Å². The Hall–Kier alpha value is -4.06. The maximum Gasteiger partial charge on any atom is 0.308 e. The molecule has 1 aliphatic carbocycles. The van der Waals surface area contributed by atoms with Gasteiger partial charge >= 0.3 is 5.97 Å². The molecule has 36 heavy (non-hydrogen) atoms. The first-order chi connectivity index (χ1) is 17.4. The monoisotopic (exact) mass is 482 g/mol. The average Bonchev–Trinajstić information content (AvgIpc) is 3.36. The Bertz CT molecular complexity index is 1380. The summed E-state index contributed by atoms with van der Waals surface area (Å²) in [4.78, 5) is 24.9. The minimum atomic E-state index is -0.398. The Labute approximate surface area is 211 Å². The average molecular weight is 483 g/mol. The number of aryl methyl sites for hydroxylation is 2. The van der Waals surface area contributed by atoms with Gasteiger partial charge in [-0.25, -0.2) is 0 Å². The summed E-state index contributed by atoms with van der Waals surface area (Å²) >= 11 is 0. The van der Waals surface area contributed by atoms with Crippen LogP contribution in [0.5, 0.6) is 11.5 Å². The van der Waals surface area contributed by atoms with Crippen molar-refractivity contribution in [2.45, 2.75) is 39.2 Å². The van der Waals surface area contributed by atoms with E-state index in [2.05, 4.69) is 35.8 Å². The number of allylic oxidation sites excluding steroid dienone is 2. The molecule has 1 heterocycles. The number of carbonyl (C=O) groups excluding carboxylic acids is 2. The van der Waals surface area contributed by atoms with E-state index in [1.54, 1.807) is 13.2 Å². The molecule has 1 aliphatic heterocycles. The standard InChI is InChI=1S/C30H30N2O4/c1-17-11-13-21(15-18(17)2)31-30(34)25-10-6-9-24-22-7-5-8-23(22)28(32-29(24)25)20-12-14-26(36-19(3)33)27(16-20)35-4/h5-7,9-16,22-23,28,32H,8H2,1-4H3,(H,31,34). The van der Waals surface area contributed by atoms with Crippen LogP contribution in [-0.2, 0) is 4.79 Å². The Morgan fingerprint density at radius 2 is 1.83 bits per heavy atom. The first-order valence-corrected chi connectivity index (χ1v) is 12.2. The first-order valence-electron chi connectivity index (χ1n) is 12.2. The van der Waals surface area contributed by atoms with Gasteiger partial charge in [0, 0.05) is 18.5 Å². The summed E-state index contributed by atoms with van der Waals surface area (Å²) < 4.78 is 10.8. The van der Waals surface area contributed by atoms with Crippen LogP contribution in [0, 0.1) is 19.8 Å². The quantitative estimate of drug-likeness (QED) is 0.253. The van der Waals surface area contributed by atoms with Gasteiger partial charge in [-0.2, -0.15) is 0 Å². The lowest BCUT2D eigenvalue weighted by Gasteiger charge is -2.38. The molecule has 0 aromatic heterocycles. The zero-order valence-electron chi connectivity index (χ0n) is 20.9. The number of fused-ring (bicyclic) bond motifs is 3. The van der Waals surface area contributed by atoms with E-state index >= 15 is 0 Å². The fourth-order valence-corrected chi connectivity index (χ4v) is 5.28. The van der Waals surface area contributed by atoms with Gasteiger partial charge in [-0.3, -0.25) is 9.59 Å². The van der Waals surface area contributed by atoms with Gasteiger partial charge in [0.05, 0.1) is 24.4 Å². The molecule has 6 heteroatoms. The lowest BCUT2D eigenvalue weighted by Crippen LogP contribution is -2.31. The number of esters is 1. The molecule has 1 amide bonds. The molecule has 0 saturated carbocycles. The second-order valence-corrected chi connectivity index (χ2v) is 9.50. The van der Waals surface area contributed by atoms with Gasteiger partial charge in [0.1, 0.15) is 0 Å². The van der Waals surface area contributed by atoms with Gasteiger partial charge in [-0.05, 0) is 78.8 Å². The Morgan fingerprint density at radius 3 is 2.58 bits per heavy atom. The van der Waals surface area contributed by atoms with Crippen LogP contribution in [0.1, 0.15) is 57.9 Å². The van der Waals surface area contributed by atoms with E-state index in [0.717, 1.165) is 34.5 Å². The predicted molar refractivity (Wildman–Crippen MR) is 141 cm³/mol. The second kappa shape index (κ2) is 9.53. The fraction of sp³-hybridized carbons (Fsp3) is 0.267. The maximum absolute atomic E-state index is 13.4. The molecule has 0 fully saturated rings. The van der Waals surface area contributed by atoms with Gasteiger partial charge in [-0.15, -0.1) is 0 Å². The molecule has 0 spiro atoms. The van der Waals surface area contributed by atoms with Crippen molar-refractivity contribution < 1.29 is 19.1 Å². The number of nitrogens with one attached hydrogen (secondary N) is 2.